The van der Waals surface area contributed by atoms with Gasteiger partial charge in [0.25, 0.3) is 0 Å². The van der Waals surface area contributed by atoms with Gasteiger partial charge in [-0.3, -0.25) is 4.68 Å². The fourth-order valence-corrected chi connectivity index (χ4v) is 3.30. The molecule has 6 heteroatoms. The van der Waals surface area contributed by atoms with Crippen LogP contribution in [0, 0.1) is 5.82 Å². The first-order valence-corrected chi connectivity index (χ1v) is 8.58. The van der Waals surface area contributed by atoms with E-state index in [1.165, 1.54) is 17.4 Å². The molecule has 0 radical (unpaired) electrons. The van der Waals surface area contributed by atoms with E-state index in [1.54, 1.807) is 30.1 Å². The van der Waals surface area contributed by atoms with Gasteiger partial charge in [-0.1, -0.05) is 12.1 Å². The zero-order valence-corrected chi connectivity index (χ0v) is 14.5. The van der Waals surface area contributed by atoms with Gasteiger partial charge < -0.3 is 10.4 Å². The van der Waals surface area contributed by atoms with Crippen molar-refractivity contribution in [2.75, 3.05) is 6.54 Å². The number of aryl methyl sites for hydroxylation is 1. The standard InChI is InChI=1S/C18H20FN3OS/c1-18(23,14-10-21-22(2)11-14)12-20-9-13-5-6-16(19)15(8-13)17-4-3-7-24-17/h3-8,10-11,20,23H,9,12H2,1-2H3. The molecule has 1 atom stereocenters. The monoisotopic (exact) mass is 345 g/mol. The van der Waals surface area contributed by atoms with Gasteiger partial charge in [0, 0.05) is 42.3 Å². The highest BCUT2D eigenvalue weighted by atomic mass is 32.1. The number of aromatic nitrogens is 2. The van der Waals surface area contributed by atoms with Crippen LogP contribution >= 0.6 is 11.3 Å². The van der Waals surface area contributed by atoms with Gasteiger partial charge in [0.15, 0.2) is 0 Å². The normalized spacial score (nSPS) is 13.8. The Bertz CT molecular complexity index is 812. The molecule has 2 N–H and O–H groups in total. The maximum absolute atomic E-state index is 14.0. The van der Waals surface area contributed by atoms with Crippen LogP contribution in [0.25, 0.3) is 10.4 Å². The average Bonchev–Trinajstić information content (AvgIpc) is 3.20. The van der Waals surface area contributed by atoms with Crippen molar-refractivity contribution in [2.24, 2.45) is 7.05 Å². The summed E-state index contributed by atoms with van der Waals surface area (Å²) in [5, 5.41) is 19.8. The minimum absolute atomic E-state index is 0.219. The lowest BCUT2D eigenvalue weighted by Gasteiger charge is -2.22. The molecular weight excluding hydrogens is 325 g/mol. The summed E-state index contributed by atoms with van der Waals surface area (Å²) >= 11 is 1.52. The number of rotatable bonds is 6. The molecule has 0 fully saturated rings. The lowest BCUT2D eigenvalue weighted by Crippen LogP contribution is -2.34. The molecule has 1 aromatic carbocycles. The highest BCUT2D eigenvalue weighted by Gasteiger charge is 2.24. The number of nitrogens with one attached hydrogen (secondary N) is 1. The number of nitrogens with zero attached hydrogens (tertiary/aromatic N) is 2. The Morgan fingerprint density at radius 2 is 2.21 bits per heavy atom. The van der Waals surface area contributed by atoms with Crippen molar-refractivity contribution in [1.82, 2.24) is 15.1 Å². The van der Waals surface area contributed by atoms with Crippen molar-refractivity contribution in [3.63, 3.8) is 0 Å². The van der Waals surface area contributed by atoms with E-state index in [-0.39, 0.29) is 5.82 Å². The van der Waals surface area contributed by atoms with E-state index in [0.717, 1.165) is 16.0 Å². The van der Waals surface area contributed by atoms with Gasteiger partial charge in [-0.2, -0.15) is 5.10 Å². The van der Waals surface area contributed by atoms with Gasteiger partial charge in [-0.05, 0) is 36.1 Å². The molecule has 0 bridgehead atoms. The molecule has 2 aromatic heterocycles. The number of hydrogen-bond donors (Lipinski definition) is 2. The molecule has 0 amide bonds. The van der Waals surface area contributed by atoms with Crippen molar-refractivity contribution >= 4 is 11.3 Å². The lowest BCUT2D eigenvalue weighted by atomic mass is 9.99. The molecule has 4 nitrogen and oxygen atoms in total. The first-order chi connectivity index (χ1) is 11.5. The molecule has 3 rings (SSSR count). The Balaban J connectivity index is 1.66. The van der Waals surface area contributed by atoms with Crippen molar-refractivity contribution < 1.29 is 9.50 Å². The largest absolute Gasteiger partial charge is 0.384 e. The van der Waals surface area contributed by atoms with Gasteiger partial charge in [-0.15, -0.1) is 11.3 Å². The van der Waals surface area contributed by atoms with Crippen LogP contribution in [0.15, 0.2) is 48.1 Å². The molecule has 2 heterocycles. The van der Waals surface area contributed by atoms with Crippen LogP contribution in [-0.4, -0.2) is 21.4 Å². The van der Waals surface area contributed by atoms with E-state index in [0.29, 0.717) is 18.7 Å². The Morgan fingerprint density at radius 3 is 2.88 bits per heavy atom. The maximum Gasteiger partial charge on any atom is 0.131 e. The fraction of sp³-hybridized carbons (Fsp3) is 0.278. The van der Waals surface area contributed by atoms with Crippen LogP contribution in [0.4, 0.5) is 4.39 Å². The van der Waals surface area contributed by atoms with Crippen LogP contribution < -0.4 is 5.32 Å². The summed E-state index contributed by atoms with van der Waals surface area (Å²) in [4.78, 5) is 0.914. The van der Waals surface area contributed by atoms with Gasteiger partial charge in [0.2, 0.25) is 0 Å². The summed E-state index contributed by atoms with van der Waals surface area (Å²) in [6.07, 6.45) is 3.46. The second-order valence-corrected chi connectivity index (χ2v) is 7.02. The van der Waals surface area contributed by atoms with Crippen molar-refractivity contribution in [2.45, 2.75) is 19.1 Å². The number of benzene rings is 1. The lowest BCUT2D eigenvalue weighted by molar-refractivity contribution is 0.0566. The van der Waals surface area contributed by atoms with Crippen molar-refractivity contribution in [3.8, 4) is 10.4 Å². The zero-order valence-electron chi connectivity index (χ0n) is 13.7. The molecule has 126 valence electrons. The Labute approximate surface area is 144 Å². The molecular formula is C18H20FN3OS. The maximum atomic E-state index is 14.0. The zero-order chi connectivity index (χ0) is 17.2. The van der Waals surface area contributed by atoms with Crippen LogP contribution in [0.5, 0.6) is 0 Å². The van der Waals surface area contributed by atoms with Gasteiger partial charge >= 0.3 is 0 Å². The Hall–Kier alpha value is -2.02. The highest BCUT2D eigenvalue weighted by molar-refractivity contribution is 7.13. The molecule has 3 aromatic rings. The summed E-state index contributed by atoms with van der Waals surface area (Å²) in [5.74, 6) is -0.219. The minimum atomic E-state index is -1.01. The molecule has 0 aliphatic heterocycles. The predicted octanol–water partition coefficient (Wildman–Crippen LogP) is 3.29. The van der Waals surface area contributed by atoms with E-state index in [1.807, 2.05) is 30.6 Å². The van der Waals surface area contributed by atoms with Crippen molar-refractivity contribution in [1.29, 1.82) is 0 Å². The predicted molar refractivity (Wildman–Crippen MR) is 94.2 cm³/mol. The smallest absolute Gasteiger partial charge is 0.131 e. The summed E-state index contributed by atoms with van der Waals surface area (Å²) in [7, 11) is 1.82. The molecule has 1 unspecified atom stereocenters. The minimum Gasteiger partial charge on any atom is -0.384 e. The van der Waals surface area contributed by atoms with E-state index in [9.17, 15) is 9.50 Å². The summed E-state index contributed by atoms with van der Waals surface area (Å²) in [5.41, 5.74) is 1.34. The first kappa shape index (κ1) is 16.8. The Kier molecular flexibility index (Phi) is 4.80. The van der Waals surface area contributed by atoms with E-state index < -0.39 is 5.60 Å². The summed E-state index contributed by atoms with van der Waals surface area (Å²) in [6, 6.07) is 8.93. The number of aliphatic hydroxyl groups is 1. The van der Waals surface area contributed by atoms with Crippen LogP contribution in [0.1, 0.15) is 18.1 Å². The highest BCUT2D eigenvalue weighted by Crippen LogP contribution is 2.28. The summed E-state index contributed by atoms with van der Waals surface area (Å²) < 4.78 is 15.7. The first-order valence-electron chi connectivity index (χ1n) is 7.70. The average molecular weight is 345 g/mol. The molecule has 0 saturated heterocycles. The number of hydrogen-bond acceptors (Lipinski definition) is 4. The van der Waals surface area contributed by atoms with Gasteiger partial charge in [0.1, 0.15) is 11.4 Å². The third-order valence-electron chi connectivity index (χ3n) is 3.94. The van der Waals surface area contributed by atoms with E-state index in [4.69, 9.17) is 0 Å². The molecule has 0 saturated carbocycles. The van der Waals surface area contributed by atoms with E-state index >= 15 is 0 Å². The second kappa shape index (κ2) is 6.84. The fourth-order valence-electron chi connectivity index (χ4n) is 2.55. The van der Waals surface area contributed by atoms with Crippen LogP contribution in [0.2, 0.25) is 0 Å². The van der Waals surface area contributed by atoms with Crippen LogP contribution in [0.3, 0.4) is 0 Å². The molecule has 0 spiro atoms. The Morgan fingerprint density at radius 1 is 1.38 bits per heavy atom. The SMILES string of the molecule is Cn1cc(C(C)(O)CNCc2ccc(F)c(-c3cccs3)c2)cn1. The second-order valence-electron chi connectivity index (χ2n) is 6.07. The molecule has 0 aliphatic rings. The van der Waals surface area contributed by atoms with Gasteiger partial charge in [-0.25, -0.2) is 4.39 Å². The summed E-state index contributed by atoms with van der Waals surface area (Å²) in [6.45, 7) is 2.68. The van der Waals surface area contributed by atoms with Crippen molar-refractivity contribution in [3.05, 3.63) is 65.0 Å². The number of halogens is 1. The quantitative estimate of drug-likeness (QED) is 0.721. The molecule has 24 heavy (non-hydrogen) atoms. The van der Waals surface area contributed by atoms with Gasteiger partial charge in [0.05, 0.1) is 6.20 Å². The van der Waals surface area contributed by atoms with Crippen LogP contribution in [-0.2, 0) is 19.2 Å². The topological polar surface area (TPSA) is 50.1 Å². The third-order valence-corrected chi connectivity index (χ3v) is 4.85. The van der Waals surface area contributed by atoms with E-state index in [2.05, 4.69) is 10.4 Å². The molecule has 0 aliphatic carbocycles. The number of thiophene rings is 1. The third kappa shape index (κ3) is 3.72.